The van der Waals surface area contributed by atoms with Gasteiger partial charge in [-0.05, 0) is 0 Å². The molecular formula is C24H44O28Si. The summed E-state index contributed by atoms with van der Waals surface area (Å²) < 4.78 is 0. The average Bonchev–Trinajstić information content (AvgIpc) is 3.12. The van der Waals surface area contributed by atoms with Gasteiger partial charge in [0.15, 0.2) is 0 Å². The number of carboxylic acid groups (broad SMARTS) is 4. The van der Waals surface area contributed by atoms with E-state index in [0.29, 0.717) is 0 Å². The number of rotatable bonds is 20. The van der Waals surface area contributed by atoms with E-state index in [0.717, 1.165) is 0 Å². The van der Waals surface area contributed by atoms with Gasteiger partial charge in [0, 0.05) is 0 Å². The van der Waals surface area contributed by atoms with Gasteiger partial charge in [-0.3, -0.25) is 0 Å². The number of aliphatic hydroxyl groups excluding tert-OH is 20. The molecule has 28 nitrogen and oxygen atoms in total. The Kier molecular flexibility index (Phi) is 34.4. The molecule has 0 heterocycles. The van der Waals surface area contributed by atoms with Crippen molar-refractivity contribution in [2.45, 2.75) is 97.7 Å². The number of aliphatic hydroxyl groups is 20. The van der Waals surface area contributed by atoms with E-state index in [9.17, 15) is 39.6 Å². The molecule has 0 radical (unpaired) electrons. The fourth-order valence-corrected chi connectivity index (χ4v) is 2.65. The summed E-state index contributed by atoms with van der Waals surface area (Å²) in [5.74, 6) is -7.90. The molecule has 20 N–H and O–H groups in total. The first-order valence-corrected chi connectivity index (χ1v) is 13.8. The van der Waals surface area contributed by atoms with Crippen LogP contribution in [0.2, 0.25) is 0 Å². The fraction of sp³-hybridized carbons (Fsp3) is 0.833. The van der Waals surface area contributed by atoms with Crippen LogP contribution < -0.4 is 20.4 Å². The molecule has 0 aromatic rings. The Morgan fingerprint density at radius 2 is 0.415 bits per heavy atom. The second-order valence-electron chi connectivity index (χ2n) is 9.98. The number of carbonyl (C=O) groups is 4. The summed E-state index contributed by atoms with van der Waals surface area (Å²) in [5.41, 5.74) is 0. The van der Waals surface area contributed by atoms with Gasteiger partial charge >= 0.3 is 11.0 Å². The second-order valence-corrected chi connectivity index (χ2v) is 9.98. The van der Waals surface area contributed by atoms with Gasteiger partial charge < -0.3 is 142 Å². The minimum absolute atomic E-state index is 0. The molecule has 0 bridgehead atoms. The van der Waals surface area contributed by atoms with Crippen LogP contribution in [0.15, 0.2) is 0 Å². The minimum atomic E-state index is -2.31. The van der Waals surface area contributed by atoms with Crippen LogP contribution in [-0.4, -0.2) is 261 Å². The van der Waals surface area contributed by atoms with Crippen molar-refractivity contribution in [3.63, 3.8) is 0 Å². The number of aliphatic carboxylic acids is 4. The third-order valence-electron chi connectivity index (χ3n) is 5.98. The Bertz CT molecular complexity index is 841. The normalized spacial score (nSPS) is 20.0. The van der Waals surface area contributed by atoms with E-state index in [1.165, 1.54) is 0 Å². The van der Waals surface area contributed by atoms with Crippen LogP contribution in [0.25, 0.3) is 0 Å². The molecule has 0 unspecified atom stereocenters. The summed E-state index contributed by atoms with van der Waals surface area (Å²) in [4.78, 5) is 39.9. The van der Waals surface area contributed by atoms with Gasteiger partial charge in [-0.2, -0.15) is 0 Å². The van der Waals surface area contributed by atoms with Gasteiger partial charge in [0.25, 0.3) is 0 Å². The zero-order chi connectivity index (χ0) is 42.4. The van der Waals surface area contributed by atoms with E-state index < -0.39 is 148 Å². The van der Waals surface area contributed by atoms with E-state index in [4.69, 9.17) is 102 Å². The molecule has 0 saturated heterocycles. The first-order valence-electron chi connectivity index (χ1n) is 13.8. The molecule has 0 rings (SSSR count). The van der Waals surface area contributed by atoms with Gasteiger partial charge in [-0.1, -0.05) is 0 Å². The van der Waals surface area contributed by atoms with Crippen LogP contribution in [0.1, 0.15) is 0 Å². The largest absolute Gasteiger partial charge is 4.00 e. The van der Waals surface area contributed by atoms with Gasteiger partial charge in [0.1, 0.15) is 97.7 Å². The Morgan fingerprint density at radius 1 is 0.302 bits per heavy atom. The van der Waals surface area contributed by atoms with Crippen LogP contribution in [0, 0.1) is 0 Å². The van der Waals surface area contributed by atoms with E-state index in [1.54, 1.807) is 0 Å². The summed E-state index contributed by atoms with van der Waals surface area (Å²) in [6.07, 6.45) is -32.3. The van der Waals surface area contributed by atoms with Crippen molar-refractivity contribution in [1.82, 2.24) is 0 Å². The van der Waals surface area contributed by atoms with Crippen molar-refractivity contribution in [2.24, 2.45) is 0 Å². The molecule has 0 saturated carbocycles. The average molecular weight is 809 g/mol. The van der Waals surface area contributed by atoms with E-state index in [-0.39, 0.29) is 11.0 Å². The van der Waals surface area contributed by atoms with E-state index in [2.05, 4.69) is 0 Å². The zero-order valence-corrected chi connectivity index (χ0v) is 27.8. The van der Waals surface area contributed by atoms with Crippen molar-refractivity contribution in [1.29, 1.82) is 0 Å². The third kappa shape index (κ3) is 23.0. The molecule has 53 heavy (non-hydrogen) atoms. The van der Waals surface area contributed by atoms with Gasteiger partial charge in [-0.25, -0.2) is 0 Å². The Balaban J connectivity index is -0.000000192. The molecule has 0 aliphatic rings. The molecule has 29 heteroatoms. The number of carbonyl (C=O) groups excluding carboxylic acids is 4. The Hall–Kier alpha value is -2.70. The Labute approximate surface area is 301 Å². The van der Waals surface area contributed by atoms with Gasteiger partial charge in [0.2, 0.25) is 0 Å². The Morgan fingerprint density at radius 3 is 0.491 bits per heavy atom. The maximum absolute atomic E-state index is 9.98. The van der Waals surface area contributed by atoms with E-state index >= 15 is 0 Å². The summed E-state index contributed by atoms with van der Waals surface area (Å²) in [7, 11) is 0. The molecular weight excluding hydrogens is 764 g/mol. The van der Waals surface area contributed by atoms with Crippen molar-refractivity contribution < 1.29 is 142 Å². The quantitative estimate of drug-likeness (QED) is 0.0508. The first-order chi connectivity index (χ1) is 23.7. The molecule has 0 aromatic heterocycles. The van der Waals surface area contributed by atoms with Crippen molar-refractivity contribution in [3.05, 3.63) is 0 Å². The summed E-state index contributed by atoms with van der Waals surface area (Å²) in [6.45, 7) is -3.45. The maximum Gasteiger partial charge on any atom is 4.00 e. The molecule has 0 spiro atoms. The monoisotopic (exact) mass is 808 g/mol. The number of hydrogen-bond donors (Lipinski definition) is 20. The van der Waals surface area contributed by atoms with Crippen LogP contribution in [-0.2, 0) is 19.2 Å². The molecule has 16 atom stereocenters. The standard InChI is InChI=1S/4C6H12O7.Si/c4*7-1-2(8)3(9)4(10)5(11)6(12)13;/h4*2-5,7-11H,1H2,(H,12,13);/q;;;;+4/p-4/t4*2-,3-,4+,5-;/m1111./s1. The predicted octanol–water partition coefficient (Wildman–Crippen LogP) is -19.7. The van der Waals surface area contributed by atoms with Crippen molar-refractivity contribution >= 4 is 34.8 Å². The molecule has 0 amide bonds. The molecule has 0 aliphatic carbocycles. The zero-order valence-electron chi connectivity index (χ0n) is 26.8. The topological polar surface area (TPSA) is 565 Å². The fourth-order valence-electron chi connectivity index (χ4n) is 2.65. The molecule has 0 aliphatic heterocycles. The number of carboxylic acids is 4. The SMILES string of the molecule is O=C([O-])[C@H](O)[C@@H](O)[C@H](O)[C@H](O)CO.O=C([O-])[C@H](O)[C@@H](O)[C@H](O)[C@H](O)CO.O=C([O-])[C@H](O)[C@@H](O)[C@H](O)[C@H](O)CO.O=C([O-])[C@H](O)[C@@H](O)[C@H](O)[C@H](O)CO.[Si+4]. The summed E-state index contributed by atoms with van der Waals surface area (Å²) >= 11 is 0. The smallest absolute Gasteiger partial charge is 0.547 e. The molecule has 0 aromatic carbocycles. The third-order valence-corrected chi connectivity index (χ3v) is 5.98. The van der Waals surface area contributed by atoms with E-state index in [1.807, 2.05) is 0 Å². The summed E-state index contributed by atoms with van der Waals surface area (Å²) in [6, 6.07) is 0. The predicted molar refractivity (Wildman–Crippen MR) is 150 cm³/mol. The second kappa shape index (κ2) is 30.6. The van der Waals surface area contributed by atoms with Crippen LogP contribution in [0.3, 0.4) is 0 Å². The van der Waals surface area contributed by atoms with Crippen LogP contribution >= 0.6 is 0 Å². The van der Waals surface area contributed by atoms with Gasteiger partial charge in [-0.15, -0.1) is 0 Å². The number of hydrogen-bond acceptors (Lipinski definition) is 28. The van der Waals surface area contributed by atoms with Crippen molar-refractivity contribution in [2.75, 3.05) is 26.4 Å². The first kappa shape index (κ1) is 59.6. The minimum Gasteiger partial charge on any atom is -0.547 e. The van der Waals surface area contributed by atoms with Crippen LogP contribution in [0.4, 0.5) is 0 Å². The molecule has 0 fully saturated rings. The van der Waals surface area contributed by atoms with Crippen LogP contribution in [0.5, 0.6) is 0 Å². The van der Waals surface area contributed by atoms with Gasteiger partial charge in [0.05, 0.1) is 50.3 Å². The molecule has 312 valence electrons. The summed E-state index contributed by atoms with van der Waals surface area (Å²) in [5, 5.41) is 214. The van der Waals surface area contributed by atoms with Crippen molar-refractivity contribution in [3.8, 4) is 0 Å². The maximum atomic E-state index is 9.98.